The van der Waals surface area contributed by atoms with Gasteiger partial charge in [-0.15, -0.1) is 0 Å². The summed E-state index contributed by atoms with van der Waals surface area (Å²) < 4.78 is 19.9. The standard InChI is InChI=1S/C24H26FN5O2/c1-26-24(28-14-17-6-9-19(10-7-17)23(31)30(2)3)29-15-18-8-11-22(21(25)13-18)32-20-5-4-12-27-16-20/h4-13,16H,14-15H2,1-3H3,(H2,26,28,29). The largest absolute Gasteiger partial charge is 0.453 e. The molecule has 166 valence electrons. The van der Waals surface area contributed by atoms with Crippen LogP contribution >= 0.6 is 0 Å². The van der Waals surface area contributed by atoms with E-state index >= 15 is 0 Å². The van der Waals surface area contributed by atoms with Gasteiger partial charge in [0.05, 0.1) is 6.20 Å². The Hall–Kier alpha value is -3.94. The molecule has 0 saturated heterocycles. The summed E-state index contributed by atoms with van der Waals surface area (Å²) in [6.07, 6.45) is 3.15. The van der Waals surface area contributed by atoms with Crippen LogP contribution in [0.5, 0.6) is 11.5 Å². The Balaban J connectivity index is 1.52. The van der Waals surface area contributed by atoms with Crippen molar-refractivity contribution in [3.05, 3.63) is 89.5 Å². The minimum absolute atomic E-state index is 0.0360. The molecule has 0 saturated carbocycles. The third-order valence-electron chi connectivity index (χ3n) is 4.61. The van der Waals surface area contributed by atoms with E-state index in [1.807, 2.05) is 12.1 Å². The molecule has 0 aliphatic heterocycles. The number of carbonyl (C=O) groups excluding carboxylic acids is 1. The van der Waals surface area contributed by atoms with Gasteiger partial charge < -0.3 is 20.3 Å². The van der Waals surface area contributed by atoms with Crippen molar-refractivity contribution in [3.63, 3.8) is 0 Å². The van der Waals surface area contributed by atoms with Crippen LogP contribution in [0.3, 0.4) is 0 Å². The molecule has 1 heterocycles. The van der Waals surface area contributed by atoms with Gasteiger partial charge in [0.15, 0.2) is 17.5 Å². The molecule has 3 aromatic rings. The third-order valence-corrected chi connectivity index (χ3v) is 4.61. The molecule has 2 aromatic carbocycles. The van der Waals surface area contributed by atoms with Crippen LogP contribution < -0.4 is 15.4 Å². The highest BCUT2D eigenvalue weighted by Crippen LogP contribution is 2.24. The van der Waals surface area contributed by atoms with Crippen molar-refractivity contribution in [1.82, 2.24) is 20.5 Å². The Morgan fingerprint density at radius 3 is 2.34 bits per heavy atom. The number of rotatable bonds is 7. The number of benzene rings is 2. The van der Waals surface area contributed by atoms with Crippen molar-refractivity contribution in [3.8, 4) is 11.5 Å². The predicted molar refractivity (Wildman–Crippen MR) is 122 cm³/mol. The number of pyridine rings is 1. The molecule has 0 aliphatic carbocycles. The SMILES string of the molecule is CN=C(NCc1ccc(C(=O)N(C)C)cc1)NCc1ccc(Oc2cccnc2)c(F)c1. The van der Waals surface area contributed by atoms with Gasteiger partial charge in [0.1, 0.15) is 5.75 Å². The van der Waals surface area contributed by atoms with Crippen LogP contribution in [0, 0.1) is 5.82 Å². The quantitative estimate of drug-likeness (QED) is 0.438. The van der Waals surface area contributed by atoms with Gasteiger partial charge in [-0.1, -0.05) is 18.2 Å². The number of amides is 1. The Morgan fingerprint density at radius 1 is 1.06 bits per heavy atom. The fraction of sp³-hybridized carbons (Fsp3) is 0.208. The summed E-state index contributed by atoms with van der Waals surface area (Å²) >= 11 is 0. The molecule has 0 fully saturated rings. The molecule has 1 aromatic heterocycles. The number of ether oxygens (including phenoxy) is 1. The molecule has 0 atom stereocenters. The number of nitrogens with one attached hydrogen (secondary N) is 2. The second-order valence-electron chi connectivity index (χ2n) is 7.23. The molecule has 7 nitrogen and oxygen atoms in total. The monoisotopic (exact) mass is 435 g/mol. The van der Waals surface area contributed by atoms with Gasteiger partial charge in [-0.05, 0) is 47.5 Å². The van der Waals surface area contributed by atoms with Crippen molar-refractivity contribution >= 4 is 11.9 Å². The van der Waals surface area contributed by atoms with Gasteiger partial charge in [-0.2, -0.15) is 0 Å². The molecule has 0 unspecified atom stereocenters. The molecule has 1 amide bonds. The normalized spacial score (nSPS) is 11.1. The summed E-state index contributed by atoms with van der Waals surface area (Å²) in [5.41, 5.74) is 2.39. The molecular weight excluding hydrogens is 409 g/mol. The van der Waals surface area contributed by atoms with Crippen LogP contribution in [-0.2, 0) is 13.1 Å². The van der Waals surface area contributed by atoms with Crippen molar-refractivity contribution in [2.45, 2.75) is 13.1 Å². The Bertz CT molecular complexity index is 1070. The van der Waals surface area contributed by atoms with E-state index in [0.717, 1.165) is 11.1 Å². The number of guanidine groups is 1. The van der Waals surface area contributed by atoms with Gasteiger partial charge in [0, 0.05) is 46.0 Å². The van der Waals surface area contributed by atoms with Crippen LogP contribution in [-0.4, -0.2) is 42.9 Å². The average Bonchev–Trinajstić information content (AvgIpc) is 2.81. The minimum atomic E-state index is -0.455. The van der Waals surface area contributed by atoms with Crippen LogP contribution in [0.2, 0.25) is 0 Å². The smallest absolute Gasteiger partial charge is 0.253 e. The van der Waals surface area contributed by atoms with Gasteiger partial charge in [-0.25, -0.2) is 4.39 Å². The fourth-order valence-electron chi connectivity index (χ4n) is 2.89. The van der Waals surface area contributed by atoms with E-state index in [1.54, 1.807) is 68.6 Å². The lowest BCUT2D eigenvalue weighted by atomic mass is 10.1. The first-order valence-corrected chi connectivity index (χ1v) is 10.1. The molecule has 0 radical (unpaired) electrons. The highest BCUT2D eigenvalue weighted by atomic mass is 19.1. The number of hydrogen-bond donors (Lipinski definition) is 2. The van der Waals surface area contributed by atoms with Gasteiger partial charge in [0.25, 0.3) is 5.91 Å². The lowest BCUT2D eigenvalue weighted by molar-refractivity contribution is 0.0827. The summed E-state index contributed by atoms with van der Waals surface area (Å²) in [5, 5.41) is 6.36. The first kappa shape index (κ1) is 22.7. The highest BCUT2D eigenvalue weighted by Gasteiger charge is 2.09. The minimum Gasteiger partial charge on any atom is -0.453 e. The van der Waals surface area contributed by atoms with E-state index in [-0.39, 0.29) is 11.7 Å². The van der Waals surface area contributed by atoms with E-state index in [0.29, 0.717) is 30.4 Å². The molecule has 32 heavy (non-hydrogen) atoms. The molecular formula is C24H26FN5O2. The molecule has 8 heteroatoms. The van der Waals surface area contributed by atoms with Crippen molar-refractivity contribution < 1.29 is 13.9 Å². The maximum atomic E-state index is 14.4. The first-order valence-electron chi connectivity index (χ1n) is 10.1. The zero-order valence-corrected chi connectivity index (χ0v) is 18.3. The second kappa shape index (κ2) is 10.9. The number of halogens is 1. The average molecular weight is 436 g/mol. The van der Waals surface area contributed by atoms with Crippen molar-refractivity contribution in [1.29, 1.82) is 0 Å². The highest BCUT2D eigenvalue weighted by molar-refractivity contribution is 5.93. The van der Waals surface area contributed by atoms with Gasteiger partial charge in [0.2, 0.25) is 0 Å². The Morgan fingerprint density at radius 2 is 1.75 bits per heavy atom. The lowest BCUT2D eigenvalue weighted by Gasteiger charge is -2.14. The van der Waals surface area contributed by atoms with Gasteiger partial charge >= 0.3 is 0 Å². The second-order valence-corrected chi connectivity index (χ2v) is 7.23. The maximum Gasteiger partial charge on any atom is 0.253 e. The summed E-state index contributed by atoms with van der Waals surface area (Å²) in [6, 6.07) is 15.6. The summed E-state index contributed by atoms with van der Waals surface area (Å²) in [4.78, 5) is 21.7. The van der Waals surface area contributed by atoms with E-state index in [9.17, 15) is 9.18 Å². The van der Waals surface area contributed by atoms with E-state index in [2.05, 4.69) is 20.6 Å². The maximum absolute atomic E-state index is 14.4. The Labute approximate surface area is 187 Å². The van der Waals surface area contributed by atoms with Gasteiger partial charge in [-0.3, -0.25) is 14.8 Å². The number of nitrogens with zero attached hydrogens (tertiary/aromatic N) is 3. The number of aliphatic imine (C=N–C) groups is 1. The zero-order valence-electron chi connectivity index (χ0n) is 18.3. The van der Waals surface area contributed by atoms with Crippen molar-refractivity contribution in [2.75, 3.05) is 21.1 Å². The van der Waals surface area contributed by atoms with Crippen molar-refractivity contribution in [2.24, 2.45) is 4.99 Å². The molecule has 0 bridgehead atoms. The number of hydrogen-bond acceptors (Lipinski definition) is 4. The number of carbonyl (C=O) groups is 1. The molecule has 2 N–H and O–H groups in total. The van der Waals surface area contributed by atoms with Crippen LogP contribution in [0.4, 0.5) is 4.39 Å². The topological polar surface area (TPSA) is 78.9 Å². The molecule has 0 spiro atoms. The van der Waals surface area contributed by atoms with E-state index in [4.69, 9.17) is 4.74 Å². The van der Waals surface area contributed by atoms with Crippen LogP contribution in [0.15, 0.2) is 72.0 Å². The fourth-order valence-corrected chi connectivity index (χ4v) is 2.89. The summed E-state index contributed by atoms with van der Waals surface area (Å²) in [7, 11) is 5.11. The van der Waals surface area contributed by atoms with Crippen LogP contribution in [0.25, 0.3) is 0 Å². The summed E-state index contributed by atoms with van der Waals surface area (Å²) in [6.45, 7) is 0.919. The molecule has 0 aliphatic rings. The first-order chi connectivity index (χ1) is 15.5. The zero-order chi connectivity index (χ0) is 22.9. The lowest BCUT2D eigenvalue weighted by Crippen LogP contribution is -2.36. The van der Waals surface area contributed by atoms with Crippen LogP contribution in [0.1, 0.15) is 21.5 Å². The number of aromatic nitrogens is 1. The van der Waals surface area contributed by atoms with E-state index in [1.165, 1.54) is 12.3 Å². The Kier molecular flexibility index (Phi) is 7.75. The predicted octanol–water partition coefficient (Wildman–Crippen LogP) is 3.58. The summed E-state index contributed by atoms with van der Waals surface area (Å²) in [5.74, 6) is 0.700. The molecule has 3 rings (SSSR count). The van der Waals surface area contributed by atoms with E-state index < -0.39 is 5.82 Å². The third kappa shape index (κ3) is 6.28.